The van der Waals surface area contributed by atoms with E-state index in [1.807, 2.05) is 24.3 Å². The summed E-state index contributed by atoms with van der Waals surface area (Å²) in [6, 6.07) is 19.6. The van der Waals surface area contributed by atoms with Crippen molar-refractivity contribution in [3.63, 3.8) is 0 Å². The zero-order chi connectivity index (χ0) is 24.5. The topological polar surface area (TPSA) is 56.6 Å². The molecular formula is C28H28ClN3O3. The average molecular weight is 490 g/mol. The first-order valence-corrected chi connectivity index (χ1v) is 12.1. The van der Waals surface area contributed by atoms with Crippen LogP contribution in [0.1, 0.15) is 29.3 Å². The van der Waals surface area contributed by atoms with Gasteiger partial charge in [0.05, 0.1) is 30.4 Å². The first-order chi connectivity index (χ1) is 17.0. The molecule has 180 valence electrons. The van der Waals surface area contributed by atoms with Gasteiger partial charge in [-0.2, -0.15) is 0 Å². The van der Waals surface area contributed by atoms with Crippen molar-refractivity contribution < 1.29 is 14.3 Å². The summed E-state index contributed by atoms with van der Waals surface area (Å²) in [4.78, 5) is 19.8. The molecular weight excluding hydrogens is 462 g/mol. The Kier molecular flexibility index (Phi) is 6.39. The monoisotopic (exact) mass is 489 g/mol. The van der Waals surface area contributed by atoms with Crippen LogP contribution >= 0.6 is 11.6 Å². The summed E-state index contributed by atoms with van der Waals surface area (Å²) in [5.41, 5.74) is 4.88. The van der Waals surface area contributed by atoms with E-state index >= 15 is 0 Å². The number of ether oxygens (including phenoxy) is 2. The Balaban J connectivity index is 1.43. The lowest BCUT2D eigenvalue weighted by molar-refractivity contribution is -0.117. The lowest BCUT2D eigenvalue weighted by atomic mass is 10.1. The number of halogens is 1. The molecule has 0 radical (unpaired) electrons. The third-order valence-corrected chi connectivity index (χ3v) is 6.81. The number of amides is 1. The summed E-state index contributed by atoms with van der Waals surface area (Å²) in [5.74, 6) is 2.42. The Bertz CT molecular complexity index is 1380. The minimum Gasteiger partial charge on any atom is -0.495 e. The van der Waals surface area contributed by atoms with Crippen LogP contribution in [0.15, 0.2) is 60.7 Å². The molecule has 1 amide bonds. The maximum atomic E-state index is 13.1. The Morgan fingerprint density at radius 3 is 2.60 bits per heavy atom. The van der Waals surface area contributed by atoms with Crippen molar-refractivity contribution in [2.45, 2.75) is 32.7 Å². The molecule has 35 heavy (non-hydrogen) atoms. The van der Waals surface area contributed by atoms with E-state index in [1.165, 1.54) is 0 Å². The molecule has 1 aliphatic rings. The highest BCUT2D eigenvalue weighted by Gasteiger charge is 2.36. The molecule has 1 aliphatic heterocycles. The number of nitrogens with zero attached hydrogens (tertiary/aromatic N) is 3. The molecule has 5 rings (SSSR count). The highest BCUT2D eigenvalue weighted by molar-refractivity contribution is 6.31. The van der Waals surface area contributed by atoms with E-state index in [-0.39, 0.29) is 11.8 Å². The predicted molar refractivity (Wildman–Crippen MR) is 139 cm³/mol. The number of hydrogen-bond acceptors (Lipinski definition) is 4. The second-order valence-electron chi connectivity index (χ2n) is 8.90. The van der Waals surface area contributed by atoms with E-state index in [4.69, 9.17) is 26.1 Å². The maximum absolute atomic E-state index is 13.1. The molecule has 0 bridgehead atoms. The normalized spacial score (nSPS) is 15.7. The molecule has 0 N–H and O–H groups in total. The van der Waals surface area contributed by atoms with Gasteiger partial charge in [0.1, 0.15) is 23.9 Å². The van der Waals surface area contributed by atoms with Crippen molar-refractivity contribution in [1.29, 1.82) is 0 Å². The number of methoxy groups -OCH3 is 1. The smallest absolute Gasteiger partial charge is 0.227 e. The van der Waals surface area contributed by atoms with Crippen LogP contribution in [0.3, 0.4) is 0 Å². The number of hydrogen-bond donors (Lipinski definition) is 0. The first kappa shape index (κ1) is 23.2. The van der Waals surface area contributed by atoms with Gasteiger partial charge >= 0.3 is 0 Å². The number of carbonyl (C=O) groups is 1. The molecule has 4 aromatic rings. The summed E-state index contributed by atoms with van der Waals surface area (Å²) < 4.78 is 13.9. The summed E-state index contributed by atoms with van der Waals surface area (Å²) in [6.45, 7) is 5.77. The maximum Gasteiger partial charge on any atom is 0.227 e. The zero-order valence-electron chi connectivity index (χ0n) is 20.1. The Labute approximate surface area is 210 Å². The number of imidazole rings is 1. The van der Waals surface area contributed by atoms with Gasteiger partial charge < -0.3 is 18.9 Å². The number of para-hydroxylation sites is 3. The molecule has 1 saturated heterocycles. The van der Waals surface area contributed by atoms with Crippen molar-refractivity contribution >= 4 is 34.2 Å². The van der Waals surface area contributed by atoms with E-state index in [9.17, 15) is 4.79 Å². The molecule has 0 aliphatic carbocycles. The lowest BCUT2D eigenvalue weighted by Crippen LogP contribution is -2.25. The standard InChI is InChI=1S/C28H28ClN3O3/c1-18-7-6-8-19(2)27(18)35-14-13-31-23-10-5-4-9-22(23)30-28(31)20-15-26(33)32(17-20)24-16-21(29)11-12-25(24)34-3/h4-12,16,20H,13-15,17H2,1-3H3. The minimum absolute atomic E-state index is 0.0287. The number of aryl methyl sites for hydroxylation is 2. The lowest BCUT2D eigenvalue weighted by Gasteiger charge is -2.20. The van der Waals surface area contributed by atoms with Gasteiger partial charge in [-0.15, -0.1) is 0 Å². The number of fused-ring (bicyclic) bond motifs is 1. The minimum atomic E-state index is -0.0567. The Morgan fingerprint density at radius 1 is 1.06 bits per heavy atom. The molecule has 6 nitrogen and oxygen atoms in total. The number of anilines is 1. The summed E-state index contributed by atoms with van der Waals surface area (Å²) in [7, 11) is 1.60. The fourth-order valence-electron chi connectivity index (χ4n) is 4.89. The first-order valence-electron chi connectivity index (χ1n) is 11.7. The fraction of sp³-hybridized carbons (Fsp3) is 0.286. The fourth-order valence-corrected chi connectivity index (χ4v) is 5.06. The summed E-state index contributed by atoms with van der Waals surface area (Å²) in [6.07, 6.45) is 0.372. The molecule has 0 saturated carbocycles. The van der Waals surface area contributed by atoms with E-state index in [1.54, 1.807) is 30.2 Å². The predicted octanol–water partition coefficient (Wildman–Crippen LogP) is 5.91. The van der Waals surface area contributed by atoms with Crippen LogP contribution in [0.25, 0.3) is 11.0 Å². The number of aromatic nitrogens is 2. The molecule has 1 aromatic heterocycles. The zero-order valence-corrected chi connectivity index (χ0v) is 20.9. The van der Waals surface area contributed by atoms with Gasteiger partial charge in [0.15, 0.2) is 0 Å². The van der Waals surface area contributed by atoms with Crippen LogP contribution in [-0.4, -0.2) is 35.7 Å². The van der Waals surface area contributed by atoms with E-state index in [2.05, 4.69) is 36.6 Å². The van der Waals surface area contributed by atoms with Crippen molar-refractivity contribution in [1.82, 2.24) is 9.55 Å². The van der Waals surface area contributed by atoms with Gasteiger partial charge in [-0.3, -0.25) is 4.79 Å². The second-order valence-corrected chi connectivity index (χ2v) is 9.34. The van der Waals surface area contributed by atoms with Gasteiger partial charge in [0, 0.05) is 23.9 Å². The Hall–Kier alpha value is -3.51. The quantitative estimate of drug-likeness (QED) is 0.323. The molecule has 0 spiro atoms. The van der Waals surface area contributed by atoms with Crippen molar-refractivity contribution in [2.75, 3.05) is 25.2 Å². The van der Waals surface area contributed by atoms with Gasteiger partial charge in [0.25, 0.3) is 0 Å². The van der Waals surface area contributed by atoms with Crippen LogP contribution in [0.2, 0.25) is 5.02 Å². The summed E-state index contributed by atoms with van der Waals surface area (Å²) >= 11 is 6.24. The van der Waals surface area contributed by atoms with Crippen LogP contribution < -0.4 is 14.4 Å². The Morgan fingerprint density at radius 2 is 1.83 bits per heavy atom. The van der Waals surface area contributed by atoms with E-state index in [0.717, 1.165) is 33.7 Å². The third kappa shape index (κ3) is 4.46. The molecule has 3 aromatic carbocycles. The van der Waals surface area contributed by atoms with Gasteiger partial charge in [-0.25, -0.2) is 4.98 Å². The average Bonchev–Trinajstić information content (AvgIpc) is 3.41. The van der Waals surface area contributed by atoms with Crippen molar-refractivity contribution in [3.05, 3.63) is 82.6 Å². The molecule has 7 heteroatoms. The van der Waals surface area contributed by atoms with Gasteiger partial charge in [-0.1, -0.05) is 41.9 Å². The number of carbonyl (C=O) groups excluding carboxylic acids is 1. The van der Waals surface area contributed by atoms with E-state index in [0.29, 0.717) is 42.6 Å². The van der Waals surface area contributed by atoms with Crippen molar-refractivity contribution in [3.8, 4) is 11.5 Å². The van der Waals surface area contributed by atoms with Crippen LogP contribution in [0.4, 0.5) is 5.69 Å². The SMILES string of the molecule is COc1ccc(Cl)cc1N1CC(c2nc3ccccc3n2CCOc2c(C)cccc2C)CC1=O. The molecule has 2 heterocycles. The highest BCUT2D eigenvalue weighted by Crippen LogP contribution is 2.38. The molecule has 1 fully saturated rings. The molecule has 1 unspecified atom stereocenters. The van der Waals surface area contributed by atoms with Crippen LogP contribution in [0.5, 0.6) is 11.5 Å². The van der Waals surface area contributed by atoms with Crippen LogP contribution in [0, 0.1) is 13.8 Å². The highest BCUT2D eigenvalue weighted by atomic mass is 35.5. The second kappa shape index (κ2) is 9.62. The van der Waals surface area contributed by atoms with E-state index < -0.39 is 0 Å². The van der Waals surface area contributed by atoms with Crippen molar-refractivity contribution in [2.24, 2.45) is 0 Å². The number of benzene rings is 3. The molecule has 1 atom stereocenters. The largest absolute Gasteiger partial charge is 0.495 e. The van der Waals surface area contributed by atoms with Gasteiger partial charge in [-0.05, 0) is 55.3 Å². The number of rotatable bonds is 7. The summed E-state index contributed by atoms with van der Waals surface area (Å²) in [5, 5.41) is 0.563. The third-order valence-electron chi connectivity index (χ3n) is 6.58. The van der Waals surface area contributed by atoms with Crippen LogP contribution in [-0.2, 0) is 11.3 Å². The van der Waals surface area contributed by atoms with Gasteiger partial charge in [0.2, 0.25) is 5.91 Å².